The van der Waals surface area contributed by atoms with Crippen LogP contribution in [0.2, 0.25) is 0 Å². The van der Waals surface area contributed by atoms with Gasteiger partial charge < -0.3 is 14.8 Å². The van der Waals surface area contributed by atoms with Crippen molar-refractivity contribution >= 4 is 39.6 Å². The number of nitrogens with one attached hydrogen (secondary N) is 1. The van der Waals surface area contributed by atoms with E-state index in [0.717, 1.165) is 27.6 Å². The van der Waals surface area contributed by atoms with Gasteiger partial charge in [0.25, 0.3) is 5.91 Å². The predicted molar refractivity (Wildman–Crippen MR) is 119 cm³/mol. The lowest BCUT2D eigenvalue weighted by Gasteiger charge is -2.15. The number of anilines is 1. The fourth-order valence-corrected chi connectivity index (χ4v) is 3.81. The highest BCUT2D eigenvalue weighted by atomic mass is 16.2. The summed E-state index contributed by atoms with van der Waals surface area (Å²) in [6, 6.07) is 13.3. The van der Waals surface area contributed by atoms with Gasteiger partial charge in [-0.25, -0.2) is 4.79 Å². The summed E-state index contributed by atoms with van der Waals surface area (Å²) >= 11 is 0. The number of aryl methyl sites for hydroxylation is 1. The Morgan fingerprint density at radius 3 is 2.43 bits per heavy atom. The van der Waals surface area contributed by atoms with Crippen molar-refractivity contribution in [2.45, 2.75) is 26.8 Å². The molecule has 154 valence electrons. The van der Waals surface area contributed by atoms with Gasteiger partial charge in [0, 0.05) is 31.2 Å². The van der Waals surface area contributed by atoms with Gasteiger partial charge in [0.2, 0.25) is 0 Å². The number of nitrogens with zero attached hydrogens (tertiary/aromatic N) is 4. The highest BCUT2D eigenvalue weighted by molar-refractivity contribution is 6.16. The Balaban J connectivity index is 1.96. The van der Waals surface area contributed by atoms with Crippen LogP contribution in [0.4, 0.5) is 10.5 Å². The summed E-state index contributed by atoms with van der Waals surface area (Å²) in [5, 5.41) is 3.80. The number of hydrogen-bond donors (Lipinski definition) is 1. The molecule has 7 nitrogen and oxygen atoms in total. The van der Waals surface area contributed by atoms with Crippen LogP contribution in [0.25, 0.3) is 21.9 Å². The van der Waals surface area contributed by atoms with Crippen LogP contribution in [0.3, 0.4) is 0 Å². The van der Waals surface area contributed by atoms with Crippen molar-refractivity contribution in [3.8, 4) is 0 Å². The van der Waals surface area contributed by atoms with E-state index in [9.17, 15) is 9.59 Å². The lowest BCUT2D eigenvalue weighted by molar-refractivity contribution is 0.101. The van der Waals surface area contributed by atoms with Gasteiger partial charge in [-0.05, 0) is 45.0 Å². The fraction of sp³-hybridized carbons (Fsp3) is 0.261. The molecule has 7 heteroatoms. The molecule has 3 heterocycles. The molecule has 0 fully saturated rings. The van der Waals surface area contributed by atoms with Gasteiger partial charge in [-0.3, -0.25) is 14.3 Å². The number of rotatable bonds is 3. The quantitative estimate of drug-likeness (QED) is 0.541. The summed E-state index contributed by atoms with van der Waals surface area (Å²) in [5.41, 5.74) is 4.37. The van der Waals surface area contributed by atoms with Crippen LogP contribution in [-0.2, 0) is 0 Å². The molecule has 30 heavy (non-hydrogen) atoms. The average Bonchev–Trinajstić information content (AvgIpc) is 3.23. The summed E-state index contributed by atoms with van der Waals surface area (Å²) in [6.45, 7) is 6.07. The molecule has 0 radical (unpaired) electrons. The van der Waals surface area contributed by atoms with Gasteiger partial charge in [0.15, 0.2) is 0 Å². The van der Waals surface area contributed by atoms with E-state index in [-0.39, 0.29) is 18.0 Å². The lowest BCUT2D eigenvalue weighted by Crippen LogP contribution is -2.30. The number of fused-ring (bicyclic) bond motifs is 3. The maximum atomic E-state index is 13.2. The molecule has 0 bridgehead atoms. The van der Waals surface area contributed by atoms with E-state index in [1.165, 1.54) is 9.47 Å². The Kier molecular flexibility index (Phi) is 4.81. The van der Waals surface area contributed by atoms with Gasteiger partial charge in [0.1, 0.15) is 5.69 Å². The molecule has 4 aromatic rings. The fourth-order valence-electron chi connectivity index (χ4n) is 3.81. The Hall–Kier alpha value is -3.61. The van der Waals surface area contributed by atoms with Crippen molar-refractivity contribution < 1.29 is 9.59 Å². The standard InChI is InChI=1S/C23H25N5O2/c1-14(2)27-18-9-7-6-8-17(18)21-19(27)12-20(28(21)23(30)26(4)5)22(29)25-16-11-10-15(3)24-13-16/h6-14H,1-5H3,(H,25,29). The molecule has 0 spiro atoms. The van der Waals surface area contributed by atoms with Gasteiger partial charge in [-0.1, -0.05) is 18.2 Å². The average molecular weight is 403 g/mol. The molecule has 1 N–H and O–H groups in total. The minimum atomic E-state index is -0.355. The van der Waals surface area contributed by atoms with Crippen LogP contribution < -0.4 is 5.32 Å². The third kappa shape index (κ3) is 3.12. The predicted octanol–water partition coefficient (Wildman–Crippen LogP) is 4.66. The van der Waals surface area contributed by atoms with Gasteiger partial charge >= 0.3 is 6.03 Å². The van der Waals surface area contributed by atoms with Crippen LogP contribution in [0.1, 0.15) is 36.1 Å². The largest absolute Gasteiger partial charge is 0.337 e. The summed E-state index contributed by atoms with van der Waals surface area (Å²) in [7, 11) is 3.36. The molecule has 0 aliphatic rings. The Labute approximate surface area is 174 Å². The van der Waals surface area contributed by atoms with E-state index in [1.807, 2.05) is 37.3 Å². The first kappa shape index (κ1) is 19.7. The van der Waals surface area contributed by atoms with Crippen molar-refractivity contribution in [3.63, 3.8) is 0 Å². The summed E-state index contributed by atoms with van der Waals surface area (Å²) in [6.07, 6.45) is 1.61. The van der Waals surface area contributed by atoms with Crippen LogP contribution in [0.15, 0.2) is 48.7 Å². The zero-order valence-corrected chi connectivity index (χ0v) is 17.8. The van der Waals surface area contributed by atoms with Gasteiger partial charge in [-0.2, -0.15) is 0 Å². The highest BCUT2D eigenvalue weighted by Crippen LogP contribution is 2.34. The minimum absolute atomic E-state index is 0.162. The van der Waals surface area contributed by atoms with E-state index in [0.29, 0.717) is 11.4 Å². The number of aromatic nitrogens is 3. The Morgan fingerprint density at radius 1 is 1.07 bits per heavy atom. The molecular weight excluding hydrogens is 378 g/mol. The second-order valence-corrected chi connectivity index (χ2v) is 7.90. The molecule has 3 aromatic heterocycles. The second-order valence-electron chi connectivity index (χ2n) is 7.90. The molecule has 0 saturated carbocycles. The van der Waals surface area contributed by atoms with E-state index >= 15 is 0 Å². The molecule has 0 aliphatic heterocycles. The normalized spacial score (nSPS) is 11.4. The first-order valence-corrected chi connectivity index (χ1v) is 9.89. The number of para-hydroxylation sites is 1. The van der Waals surface area contributed by atoms with Crippen LogP contribution >= 0.6 is 0 Å². The first-order valence-electron chi connectivity index (χ1n) is 9.89. The van der Waals surface area contributed by atoms with E-state index < -0.39 is 0 Å². The molecular formula is C23H25N5O2. The number of benzene rings is 1. The molecule has 0 unspecified atom stereocenters. The van der Waals surface area contributed by atoms with E-state index in [2.05, 4.69) is 28.7 Å². The van der Waals surface area contributed by atoms with Crippen LogP contribution in [0, 0.1) is 6.92 Å². The first-order chi connectivity index (χ1) is 14.3. The van der Waals surface area contributed by atoms with Gasteiger partial charge in [0.05, 0.1) is 28.4 Å². The van der Waals surface area contributed by atoms with Crippen molar-refractivity contribution in [1.82, 2.24) is 19.0 Å². The van der Waals surface area contributed by atoms with Crippen LogP contribution in [0.5, 0.6) is 0 Å². The van der Waals surface area contributed by atoms with Crippen molar-refractivity contribution in [3.05, 3.63) is 60.0 Å². The molecule has 0 aliphatic carbocycles. The SMILES string of the molecule is Cc1ccc(NC(=O)c2cc3c(c4ccccc4n3C(C)C)n2C(=O)N(C)C)cn1. The molecule has 0 atom stereocenters. The zero-order valence-electron chi connectivity index (χ0n) is 17.8. The van der Waals surface area contributed by atoms with Crippen molar-refractivity contribution in [1.29, 1.82) is 0 Å². The second kappa shape index (κ2) is 7.33. The number of carbonyl (C=O) groups excluding carboxylic acids is 2. The number of carbonyl (C=O) groups is 2. The highest BCUT2D eigenvalue weighted by Gasteiger charge is 2.27. The maximum absolute atomic E-state index is 13.2. The third-order valence-corrected chi connectivity index (χ3v) is 5.15. The number of hydrogen-bond acceptors (Lipinski definition) is 3. The summed E-state index contributed by atoms with van der Waals surface area (Å²) < 4.78 is 3.67. The molecule has 2 amide bonds. The molecule has 1 aromatic carbocycles. The van der Waals surface area contributed by atoms with Crippen molar-refractivity contribution in [2.24, 2.45) is 0 Å². The summed E-state index contributed by atoms with van der Waals surface area (Å²) in [4.78, 5) is 32.0. The van der Waals surface area contributed by atoms with Crippen molar-refractivity contribution in [2.75, 3.05) is 19.4 Å². The molecule has 0 saturated heterocycles. The Bertz CT molecular complexity index is 1260. The van der Waals surface area contributed by atoms with E-state index in [1.54, 1.807) is 32.4 Å². The summed E-state index contributed by atoms with van der Waals surface area (Å²) in [5.74, 6) is -0.355. The van der Waals surface area contributed by atoms with E-state index in [4.69, 9.17) is 0 Å². The van der Waals surface area contributed by atoms with Crippen LogP contribution in [-0.4, -0.2) is 45.1 Å². The molecule has 4 rings (SSSR count). The third-order valence-electron chi connectivity index (χ3n) is 5.15. The Morgan fingerprint density at radius 2 is 1.80 bits per heavy atom. The maximum Gasteiger partial charge on any atom is 0.328 e. The van der Waals surface area contributed by atoms with Gasteiger partial charge in [-0.15, -0.1) is 0 Å². The zero-order chi connectivity index (χ0) is 21.6. The smallest absolute Gasteiger partial charge is 0.328 e. The number of pyridine rings is 1. The lowest BCUT2D eigenvalue weighted by atomic mass is 10.2. The monoisotopic (exact) mass is 403 g/mol. The number of amides is 2. The minimum Gasteiger partial charge on any atom is -0.337 e. The topological polar surface area (TPSA) is 72.2 Å².